The molecule has 0 unspecified atom stereocenters. The molecule has 2 spiro atoms. The van der Waals surface area contributed by atoms with Crippen LogP contribution in [0.15, 0.2) is 109 Å². The third kappa shape index (κ3) is 10.1. The van der Waals surface area contributed by atoms with E-state index >= 15 is 0 Å². The number of carbonyl (C=O) groups is 4. The number of amides is 6. The Morgan fingerprint density at radius 2 is 1.23 bits per heavy atom. The lowest BCUT2D eigenvalue weighted by Crippen LogP contribution is -2.61. The Bertz CT molecular complexity index is 2920. The summed E-state index contributed by atoms with van der Waals surface area (Å²) < 4.78 is 0. The monoisotopic (exact) mass is 901 g/mol. The zero-order valence-corrected chi connectivity index (χ0v) is 38.1. The molecule has 2 aliphatic heterocycles. The molecule has 2 saturated heterocycles. The molecule has 2 aliphatic carbocycles. The van der Waals surface area contributed by atoms with Crippen molar-refractivity contribution in [3.05, 3.63) is 143 Å². The van der Waals surface area contributed by atoms with E-state index in [1.165, 1.54) is 9.80 Å². The van der Waals surface area contributed by atoms with E-state index in [0.717, 1.165) is 49.9 Å². The molecule has 6 aromatic rings. The highest BCUT2D eigenvalue weighted by atomic mass is 35.5. The van der Waals surface area contributed by atoms with E-state index in [2.05, 4.69) is 67.6 Å². The number of rotatable bonds is 6. The van der Waals surface area contributed by atoms with Gasteiger partial charge in [0.1, 0.15) is 25.0 Å². The molecule has 4 fully saturated rings. The molecule has 65 heavy (non-hydrogen) atoms. The first kappa shape index (κ1) is 44.6. The molecule has 0 atom stereocenters. The number of nitrogens with zero attached hydrogens (tertiary/aromatic N) is 6. The van der Waals surface area contributed by atoms with Crippen LogP contribution in [0.4, 0.5) is 9.59 Å². The lowest BCUT2D eigenvalue weighted by atomic mass is 9.67. The van der Waals surface area contributed by atoms with Gasteiger partial charge in [0.15, 0.2) is 0 Å². The fourth-order valence-corrected chi connectivity index (χ4v) is 9.16. The van der Waals surface area contributed by atoms with E-state index in [4.69, 9.17) is 23.8 Å². The minimum absolute atomic E-state index is 0.0194. The Labute approximate surface area is 383 Å². The lowest BCUT2D eigenvalue weighted by molar-refractivity contribution is -0.136. The average Bonchev–Trinajstić information content (AvgIpc) is 3.66. The third-order valence-electron chi connectivity index (χ3n) is 11.8. The summed E-state index contributed by atoms with van der Waals surface area (Å²) in [5, 5.41) is 7.85. The fraction of sp³-hybridized carbons (Fsp3) is 0.280. The number of fused-ring (bicyclic) bond motifs is 2. The minimum atomic E-state index is -1.33. The van der Waals surface area contributed by atoms with Crippen LogP contribution in [0.3, 0.4) is 0 Å². The highest BCUT2D eigenvalue weighted by Gasteiger charge is 2.59. The number of carbonyl (C=O) groups excluding carboxylic acids is 4. The van der Waals surface area contributed by atoms with Gasteiger partial charge in [0.25, 0.3) is 11.8 Å². The van der Waals surface area contributed by atoms with Crippen LogP contribution in [0.1, 0.15) is 53.8 Å². The second-order valence-corrected chi connectivity index (χ2v) is 23.1. The van der Waals surface area contributed by atoms with Gasteiger partial charge in [-0.1, -0.05) is 92.1 Å². The predicted molar refractivity (Wildman–Crippen MR) is 252 cm³/mol. The SMILES string of the molecule is C#Cc1ccc2nc(CC3CC4(C3)NC(=O)N(Cc3ccccc3)C4=O)ncc2c1.C[Si](C)(C)C#Cc1ccc2nc(Cl)ncc2c1.NC1CC2(C1)NC(=O)N(Cc1ccccc1)C2=O. The van der Waals surface area contributed by atoms with Crippen molar-refractivity contribution in [2.75, 3.05) is 0 Å². The molecule has 2 aromatic heterocycles. The quantitative estimate of drug-likeness (QED) is 0.0678. The number of halogens is 1. The van der Waals surface area contributed by atoms with Crippen LogP contribution in [0.5, 0.6) is 0 Å². The van der Waals surface area contributed by atoms with Gasteiger partial charge < -0.3 is 16.4 Å². The van der Waals surface area contributed by atoms with E-state index in [1.807, 2.05) is 97.1 Å². The summed E-state index contributed by atoms with van der Waals surface area (Å²) in [5.74, 6) is 6.56. The summed E-state index contributed by atoms with van der Waals surface area (Å²) in [4.78, 5) is 69.3. The normalized spacial score (nSPS) is 21.8. The molecule has 13 nitrogen and oxygen atoms in total. The fourth-order valence-electron chi connectivity index (χ4n) is 8.50. The molecule has 2 saturated carbocycles. The summed E-state index contributed by atoms with van der Waals surface area (Å²) in [7, 11) is -1.33. The van der Waals surface area contributed by atoms with Crippen LogP contribution in [-0.2, 0) is 29.1 Å². The molecule has 4 aromatic carbocycles. The first-order valence-electron chi connectivity index (χ1n) is 21.4. The van der Waals surface area contributed by atoms with Crippen molar-refractivity contribution in [1.29, 1.82) is 0 Å². The topological polar surface area (TPSA) is 176 Å². The number of nitrogens with two attached hydrogens (primary N) is 1. The van der Waals surface area contributed by atoms with Gasteiger partial charge in [0, 0.05) is 46.8 Å². The first-order chi connectivity index (χ1) is 31.1. The summed E-state index contributed by atoms with van der Waals surface area (Å²) in [6, 6.07) is 30.0. The van der Waals surface area contributed by atoms with Gasteiger partial charge >= 0.3 is 12.1 Å². The Kier molecular flexibility index (Phi) is 12.5. The highest BCUT2D eigenvalue weighted by molar-refractivity contribution is 6.83. The molecule has 0 bridgehead atoms. The van der Waals surface area contributed by atoms with Gasteiger partial charge in [-0.15, -0.1) is 12.0 Å². The van der Waals surface area contributed by atoms with E-state index in [1.54, 1.807) is 12.4 Å². The molecule has 328 valence electrons. The first-order valence-corrected chi connectivity index (χ1v) is 25.3. The summed E-state index contributed by atoms with van der Waals surface area (Å²) >= 11 is 5.73. The zero-order valence-electron chi connectivity index (χ0n) is 36.3. The average molecular weight is 903 g/mol. The highest BCUT2D eigenvalue weighted by Crippen LogP contribution is 2.44. The van der Waals surface area contributed by atoms with Crippen LogP contribution in [0.25, 0.3) is 21.8 Å². The Balaban J connectivity index is 0.000000142. The molecule has 4 aliphatic rings. The molecule has 10 rings (SSSR count). The van der Waals surface area contributed by atoms with Gasteiger partial charge in [-0.2, -0.15) is 0 Å². The van der Waals surface area contributed by atoms with E-state index in [9.17, 15) is 19.2 Å². The molecular formula is C50H48ClN9O4Si. The van der Waals surface area contributed by atoms with Gasteiger partial charge in [-0.3, -0.25) is 19.4 Å². The van der Waals surface area contributed by atoms with Crippen molar-refractivity contribution >= 4 is 65.4 Å². The standard InChI is InChI=1S/C24H20N4O2.C13H13ClN2Si.C13H15N3O2/c1-2-16-8-9-20-19(10-16)14-25-21(26-20)11-18-12-24(13-18)22(29)28(23(30)27-24)15-17-6-4-3-5-7-17;1-17(2,3)7-6-10-4-5-12-11(8-10)9-15-13(14)16-12;14-10-6-13(7-10)11(17)16(12(18)15-13)8-9-4-2-1-3-5-9/h1,3-10,14,18H,11-13,15H2,(H,27,30);4-5,8-9H,1-3H3;1-5,10H,6-8,14H2,(H,15,18). The van der Waals surface area contributed by atoms with Crippen LogP contribution >= 0.6 is 11.6 Å². The maximum absolute atomic E-state index is 13.0. The zero-order chi connectivity index (χ0) is 45.9. The van der Waals surface area contributed by atoms with E-state index in [0.29, 0.717) is 45.2 Å². The Hall–Kier alpha value is -6.97. The summed E-state index contributed by atoms with van der Waals surface area (Å²) in [6.07, 6.45) is 11.9. The second-order valence-electron chi connectivity index (χ2n) is 18.0. The second kappa shape index (κ2) is 18.3. The van der Waals surface area contributed by atoms with Crippen molar-refractivity contribution in [2.45, 2.75) is 82.0 Å². The lowest BCUT2D eigenvalue weighted by Gasteiger charge is -2.42. The Morgan fingerprint density at radius 1 is 0.723 bits per heavy atom. The van der Waals surface area contributed by atoms with E-state index < -0.39 is 19.2 Å². The number of nitrogens with one attached hydrogen (secondary N) is 2. The van der Waals surface area contributed by atoms with Crippen LogP contribution in [0.2, 0.25) is 24.9 Å². The number of aromatic nitrogens is 4. The number of imide groups is 2. The number of urea groups is 2. The van der Waals surface area contributed by atoms with Crippen molar-refractivity contribution in [3.63, 3.8) is 0 Å². The van der Waals surface area contributed by atoms with Crippen molar-refractivity contribution in [1.82, 2.24) is 40.4 Å². The largest absolute Gasteiger partial charge is 0.327 e. The van der Waals surface area contributed by atoms with Gasteiger partial charge in [-0.25, -0.2) is 29.5 Å². The maximum atomic E-state index is 13.0. The van der Waals surface area contributed by atoms with Crippen molar-refractivity contribution < 1.29 is 19.2 Å². The third-order valence-corrected chi connectivity index (χ3v) is 12.8. The smallest absolute Gasteiger partial charge is 0.325 e. The summed E-state index contributed by atoms with van der Waals surface area (Å²) in [6.45, 7) is 7.30. The van der Waals surface area contributed by atoms with Crippen LogP contribution in [-0.4, -0.2) is 78.8 Å². The number of terminal acetylenes is 1. The molecule has 4 heterocycles. The van der Waals surface area contributed by atoms with Gasteiger partial charge in [0.05, 0.1) is 24.1 Å². The van der Waals surface area contributed by atoms with Gasteiger partial charge in [0.2, 0.25) is 5.28 Å². The Morgan fingerprint density at radius 3 is 1.77 bits per heavy atom. The van der Waals surface area contributed by atoms with Crippen molar-refractivity contribution in [2.24, 2.45) is 11.7 Å². The minimum Gasteiger partial charge on any atom is -0.327 e. The number of benzene rings is 4. The van der Waals surface area contributed by atoms with Crippen molar-refractivity contribution in [3.8, 4) is 23.8 Å². The molecule has 0 radical (unpaired) electrons. The maximum Gasteiger partial charge on any atom is 0.325 e. The summed E-state index contributed by atoms with van der Waals surface area (Å²) in [5.41, 5.74) is 13.0. The number of hydrogen-bond donors (Lipinski definition) is 3. The molecular weight excluding hydrogens is 854 g/mol. The van der Waals surface area contributed by atoms with Gasteiger partial charge in [-0.05, 0) is 90.7 Å². The molecule has 6 amide bonds. The number of hydrogen-bond acceptors (Lipinski definition) is 9. The van der Waals surface area contributed by atoms with Crippen LogP contribution < -0.4 is 16.4 Å². The van der Waals surface area contributed by atoms with Crippen LogP contribution in [0, 0.1) is 29.7 Å². The molecule has 15 heteroatoms. The molecule has 4 N–H and O–H groups in total. The van der Waals surface area contributed by atoms with E-state index in [-0.39, 0.29) is 41.1 Å². The predicted octanol–water partition coefficient (Wildman–Crippen LogP) is 7.16.